The molecule has 1 heterocycles. The van der Waals surface area contributed by atoms with Crippen molar-refractivity contribution in [3.63, 3.8) is 0 Å². The summed E-state index contributed by atoms with van der Waals surface area (Å²) in [5.74, 6) is 0.667. The number of hydrogen-bond acceptors (Lipinski definition) is 4. The molecule has 0 radical (unpaired) electrons. The molecular weight excluding hydrogens is 358 g/mol. The molecule has 1 aromatic heterocycles. The van der Waals surface area contributed by atoms with E-state index in [2.05, 4.69) is 34.9 Å². The Morgan fingerprint density at radius 3 is 2.26 bits per heavy atom. The Labute approximate surface area is 160 Å². The fraction of sp³-hybridized carbons (Fsp3) is 0.190. The standard InChI is InChI=1S/C21H23N3O2S/c1-15(2)19-6-4-5-7-20(19)23-17-10-13-21(22-14-17)24-27(25,26)18-11-8-16(3)9-12-18/h4-15,23H,1-3H3,(H,22,24). The summed E-state index contributed by atoms with van der Waals surface area (Å²) >= 11 is 0. The second kappa shape index (κ2) is 7.80. The number of sulfonamides is 1. The topological polar surface area (TPSA) is 71.1 Å². The number of hydrogen-bond donors (Lipinski definition) is 2. The number of nitrogens with zero attached hydrogens (tertiary/aromatic N) is 1. The van der Waals surface area contributed by atoms with Gasteiger partial charge in [-0.2, -0.15) is 0 Å². The van der Waals surface area contributed by atoms with Gasteiger partial charge in [-0.25, -0.2) is 13.4 Å². The van der Waals surface area contributed by atoms with Crippen LogP contribution in [-0.2, 0) is 10.0 Å². The number of nitrogens with one attached hydrogen (secondary N) is 2. The monoisotopic (exact) mass is 381 g/mol. The third-order valence-electron chi connectivity index (χ3n) is 4.20. The van der Waals surface area contributed by atoms with Crippen LogP contribution in [0.5, 0.6) is 0 Å². The number of pyridine rings is 1. The van der Waals surface area contributed by atoms with E-state index in [1.807, 2.05) is 25.1 Å². The molecule has 0 atom stereocenters. The summed E-state index contributed by atoms with van der Waals surface area (Å²) in [7, 11) is -3.65. The molecule has 0 bridgehead atoms. The molecule has 0 saturated carbocycles. The van der Waals surface area contributed by atoms with E-state index >= 15 is 0 Å². The van der Waals surface area contributed by atoms with Crippen LogP contribution in [0.15, 0.2) is 71.8 Å². The second-order valence-corrected chi connectivity index (χ2v) is 8.40. The van der Waals surface area contributed by atoms with Gasteiger partial charge in [0.2, 0.25) is 0 Å². The molecule has 0 aliphatic carbocycles. The number of aromatic nitrogens is 1. The molecule has 0 aliphatic heterocycles. The molecule has 0 spiro atoms. The predicted octanol–water partition coefficient (Wildman–Crippen LogP) is 5.06. The van der Waals surface area contributed by atoms with Crippen LogP contribution in [0.3, 0.4) is 0 Å². The summed E-state index contributed by atoms with van der Waals surface area (Å²) in [5, 5.41) is 3.34. The van der Waals surface area contributed by atoms with Crippen LogP contribution in [0, 0.1) is 6.92 Å². The number of anilines is 3. The third kappa shape index (κ3) is 4.65. The molecule has 0 fully saturated rings. The minimum atomic E-state index is -3.65. The summed E-state index contributed by atoms with van der Waals surface area (Å²) in [6, 6.07) is 18.2. The maximum Gasteiger partial charge on any atom is 0.263 e. The Balaban J connectivity index is 1.75. The minimum absolute atomic E-state index is 0.211. The molecule has 3 aromatic rings. The first-order chi connectivity index (χ1) is 12.8. The molecule has 0 unspecified atom stereocenters. The number of benzene rings is 2. The van der Waals surface area contributed by atoms with Crippen molar-refractivity contribution in [3.8, 4) is 0 Å². The zero-order chi connectivity index (χ0) is 19.4. The molecule has 3 rings (SSSR count). The number of rotatable bonds is 6. The van der Waals surface area contributed by atoms with Crippen molar-refractivity contribution in [2.24, 2.45) is 0 Å². The normalized spacial score (nSPS) is 11.4. The molecule has 2 aromatic carbocycles. The number of para-hydroxylation sites is 1. The molecule has 6 heteroatoms. The maximum atomic E-state index is 12.4. The number of aryl methyl sites for hydroxylation is 1. The van der Waals surface area contributed by atoms with Crippen LogP contribution in [-0.4, -0.2) is 13.4 Å². The zero-order valence-electron chi connectivity index (χ0n) is 15.6. The first-order valence-corrected chi connectivity index (χ1v) is 10.2. The fourth-order valence-electron chi connectivity index (χ4n) is 2.71. The molecule has 0 amide bonds. The highest BCUT2D eigenvalue weighted by Gasteiger charge is 2.14. The van der Waals surface area contributed by atoms with Crippen molar-refractivity contribution in [2.45, 2.75) is 31.6 Å². The highest BCUT2D eigenvalue weighted by molar-refractivity contribution is 7.92. The van der Waals surface area contributed by atoms with E-state index < -0.39 is 10.0 Å². The lowest BCUT2D eigenvalue weighted by Gasteiger charge is -2.14. The quantitative estimate of drug-likeness (QED) is 0.626. The molecule has 0 saturated heterocycles. The Hall–Kier alpha value is -2.86. The smallest absolute Gasteiger partial charge is 0.263 e. The van der Waals surface area contributed by atoms with Gasteiger partial charge in [-0.1, -0.05) is 49.7 Å². The van der Waals surface area contributed by atoms with Gasteiger partial charge in [0, 0.05) is 5.69 Å². The molecule has 0 aliphatic rings. The zero-order valence-corrected chi connectivity index (χ0v) is 16.4. The minimum Gasteiger partial charge on any atom is -0.354 e. The van der Waals surface area contributed by atoms with Crippen LogP contribution in [0.4, 0.5) is 17.2 Å². The van der Waals surface area contributed by atoms with Gasteiger partial charge in [-0.15, -0.1) is 0 Å². The van der Waals surface area contributed by atoms with Crippen molar-refractivity contribution in [1.29, 1.82) is 0 Å². The van der Waals surface area contributed by atoms with E-state index in [4.69, 9.17) is 0 Å². The Bertz CT molecular complexity index is 1010. The predicted molar refractivity (Wildman–Crippen MR) is 110 cm³/mol. The van der Waals surface area contributed by atoms with E-state index in [0.717, 1.165) is 16.9 Å². The van der Waals surface area contributed by atoms with Crippen molar-refractivity contribution >= 4 is 27.2 Å². The molecule has 5 nitrogen and oxygen atoms in total. The molecule has 27 heavy (non-hydrogen) atoms. The fourth-order valence-corrected chi connectivity index (χ4v) is 3.72. The Kier molecular flexibility index (Phi) is 5.46. The summed E-state index contributed by atoms with van der Waals surface area (Å²) in [6.45, 7) is 6.19. The molecular formula is C21H23N3O2S. The summed E-state index contributed by atoms with van der Waals surface area (Å²) < 4.78 is 27.4. The van der Waals surface area contributed by atoms with Crippen LogP contribution in [0.25, 0.3) is 0 Å². The Morgan fingerprint density at radius 1 is 0.926 bits per heavy atom. The largest absolute Gasteiger partial charge is 0.354 e. The highest BCUT2D eigenvalue weighted by atomic mass is 32.2. The van der Waals surface area contributed by atoms with Crippen molar-refractivity contribution in [2.75, 3.05) is 10.0 Å². The lowest BCUT2D eigenvalue weighted by Crippen LogP contribution is -2.13. The average Bonchev–Trinajstić information content (AvgIpc) is 2.64. The van der Waals surface area contributed by atoms with Gasteiger partial charge in [0.25, 0.3) is 10.0 Å². The third-order valence-corrected chi connectivity index (χ3v) is 5.57. The Morgan fingerprint density at radius 2 is 1.63 bits per heavy atom. The van der Waals surface area contributed by atoms with Gasteiger partial charge in [-0.3, -0.25) is 4.72 Å². The van der Waals surface area contributed by atoms with Crippen LogP contribution < -0.4 is 10.0 Å². The average molecular weight is 382 g/mol. The maximum absolute atomic E-state index is 12.4. The van der Waals surface area contributed by atoms with Crippen molar-refractivity contribution < 1.29 is 8.42 Å². The van der Waals surface area contributed by atoms with Crippen LogP contribution >= 0.6 is 0 Å². The van der Waals surface area contributed by atoms with Crippen molar-refractivity contribution in [1.82, 2.24) is 4.98 Å². The molecule has 2 N–H and O–H groups in total. The SMILES string of the molecule is Cc1ccc(S(=O)(=O)Nc2ccc(Nc3ccccc3C(C)C)cn2)cc1. The van der Waals surface area contributed by atoms with E-state index in [1.165, 1.54) is 5.56 Å². The van der Waals surface area contributed by atoms with E-state index in [-0.39, 0.29) is 10.7 Å². The summed E-state index contributed by atoms with van der Waals surface area (Å²) in [6.07, 6.45) is 1.62. The van der Waals surface area contributed by atoms with Gasteiger partial charge in [0.05, 0.1) is 16.8 Å². The van der Waals surface area contributed by atoms with Crippen LogP contribution in [0.2, 0.25) is 0 Å². The lowest BCUT2D eigenvalue weighted by atomic mass is 10.0. The molecule has 140 valence electrons. The van der Waals surface area contributed by atoms with Crippen molar-refractivity contribution in [3.05, 3.63) is 78.0 Å². The first kappa shape index (κ1) is 18.9. The summed E-state index contributed by atoms with van der Waals surface area (Å²) in [5.41, 5.74) is 4.02. The van der Waals surface area contributed by atoms with Gasteiger partial charge < -0.3 is 5.32 Å². The van der Waals surface area contributed by atoms with E-state index in [1.54, 1.807) is 42.6 Å². The summed E-state index contributed by atoms with van der Waals surface area (Å²) in [4.78, 5) is 4.44. The lowest BCUT2D eigenvalue weighted by molar-refractivity contribution is 0.601. The second-order valence-electron chi connectivity index (χ2n) is 6.72. The van der Waals surface area contributed by atoms with Crippen LogP contribution in [0.1, 0.15) is 30.9 Å². The first-order valence-electron chi connectivity index (χ1n) is 8.76. The van der Waals surface area contributed by atoms with Gasteiger partial charge in [0.1, 0.15) is 5.82 Å². The van der Waals surface area contributed by atoms with E-state index in [9.17, 15) is 8.42 Å². The van der Waals surface area contributed by atoms with Gasteiger partial charge in [0.15, 0.2) is 0 Å². The van der Waals surface area contributed by atoms with Gasteiger partial charge >= 0.3 is 0 Å². The van der Waals surface area contributed by atoms with Gasteiger partial charge in [-0.05, 0) is 48.7 Å². The highest BCUT2D eigenvalue weighted by Crippen LogP contribution is 2.27. The van der Waals surface area contributed by atoms with E-state index in [0.29, 0.717) is 5.92 Å².